The highest BCUT2D eigenvalue weighted by molar-refractivity contribution is 6.34. The van der Waals surface area contributed by atoms with Crippen molar-refractivity contribution >= 4 is 41.2 Å². The topological polar surface area (TPSA) is 78.5 Å². The molecule has 0 aromatic heterocycles. The van der Waals surface area contributed by atoms with Crippen LogP contribution in [0.2, 0.25) is 5.02 Å². The van der Waals surface area contributed by atoms with Gasteiger partial charge in [0.15, 0.2) is 0 Å². The van der Waals surface area contributed by atoms with E-state index in [2.05, 4.69) is 10.6 Å². The summed E-state index contributed by atoms with van der Waals surface area (Å²) in [5.74, 6) is -1.15. The Kier molecular flexibility index (Phi) is 6.61. The number of rotatable bonds is 5. The van der Waals surface area contributed by atoms with Crippen LogP contribution in [-0.2, 0) is 17.5 Å². The van der Waals surface area contributed by atoms with Crippen LogP contribution in [0.3, 0.4) is 0 Å². The number of urea groups is 1. The van der Waals surface area contributed by atoms with Gasteiger partial charge < -0.3 is 10.6 Å². The standard InChI is InChI=1S/C25H17ClF3N3O3/c26-19-11-10-18(25(27,28)29)13-20(19)30-22(33)17-8-6-16(7-9-17)14-32-23(34)21(31-24(32)35)12-15-4-2-1-3-5-15/h1-13H,14H2,(H,30,33)(H,31,35)/b21-12-. The van der Waals surface area contributed by atoms with Crippen LogP contribution in [-0.4, -0.2) is 22.7 Å². The number of halogens is 4. The third kappa shape index (κ3) is 5.52. The average Bonchev–Trinajstić information content (AvgIpc) is 3.08. The second-order valence-corrected chi connectivity index (χ2v) is 8.04. The number of hydrogen-bond acceptors (Lipinski definition) is 3. The van der Waals surface area contributed by atoms with Gasteiger partial charge in [-0.05, 0) is 47.5 Å². The number of imide groups is 1. The number of nitrogens with zero attached hydrogens (tertiary/aromatic N) is 1. The maximum Gasteiger partial charge on any atom is 0.416 e. The van der Waals surface area contributed by atoms with Crippen molar-refractivity contribution in [1.82, 2.24) is 10.2 Å². The van der Waals surface area contributed by atoms with E-state index in [4.69, 9.17) is 11.6 Å². The van der Waals surface area contributed by atoms with Gasteiger partial charge in [0.1, 0.15) is 5.70 Å². The molecule has 0 atom stereocenters. The van der Waals surface area contributed by atoms with Crippen molar-refractivity contribution in [3.05, 3.63) is 106 Å². The molecule has 4 amide bonds. The second-order valence-electron chi connectivity index (χ2n) is 7.63. The van der Waals surface area contributed by atoms with E-state index >= 15 is 0 Å². The summed E-state index contributed by atoms with van der Waals surface area (Å²) in [6.45, 7) is -0.0296. The number of benzene rings is 3. The number of alkyl halides is 3. The van der Waals surface area contributed by atoms with Crippen molar-refractivity contribution in [2.75, 3.05) is 5.32 Å². The zero-order chi connectivity index (χ0) is 25.2. The van der Waals surface area contributed by atoms with E-state index in [9.17, 15) is 27.6 Å². The van der Waals surface area contributed by atoms with E-state index in [1.165, 1.54) is 12.1 Å². The van der Waals surface area contributed by atoms with Crippen molar-refractivity contribution in [3.8, 4) is 0 Å². The van der Waals surface area contributed by atoms with Crippen LogP contribution in [0.1, 0.15) is 27.0 Å². The van der Waals surface area contributed by atoms with Crippen LogP contribution in [0.15, 0.2) is 78.5 Å². The molecule has 1 saturated heterocycles. The smallest absolute Gasteiger partial charge is 0.321 e. The lowest BCUT2D eigenvalue weighted by atomic mass is 10.1. The highest BCUT2D eigenvalue weighted by Gasteiger charge is 2.33. The van der Waals surface area contributed by atoms with Crippen LogP contribution in [0.5, 0.6) is 0 Å². The molecule has 1 fully saturated rings. The molecule has 35 heavy (non-hydrogen) atoms. The first kappa shape index (κ1) is 24.0. The zero-order valence-electron chi connectivity index (χ0n) is 17.9. The Morgan fingerprint density at radius 2 is 1.69 bits per heavy atom. The summed E-state index contributed by atoms with van der Waals surface area (Å²) in [6.07, 6.45) is -3.01. The van der Waals surface area contributed by atoms with Gasteiger partial charge in [-0.1, -0.05) is 54.1 Å². The van der Waals surface area contributed by atoms with Crippen LogP contribution in [0, 0.1) is 0 Å². The van der Waals surface area contributed by atoms with Crippen molar-refractivity contribution in [2.24, 2.45) is 0 Å². The largest absolute Gasteiger partial charge is 0.416 e. The number of anilines is 1. The molecule has 1 heterocycles. The molecule has 0 spiro atoms. The highest BCUT2D eigenvalue weighted by atomic mass is 35.5. The van der Waals surface area contributed by atoms with Gasteiger partial charge in [0, 0.05) is 5.56 Å². The van der Waals surface area contributed by atoms with Crippen molar-refractivity contribution < 1.29 is 27.6 Å². The van der Waals surface area contributed by atoms with Gasteiger partial charge in [-0.15, -0.1) is 0 Å². The van der Waals surface area contributed by atoms with Crippen LogP contribution >= 0.6 is 11.6 Å². The maximum atomic E-state index is 12.9. The van der Waals surface area contributed by atoms with Gasteiger partial charge >= 0.3 is 12.2 Å². The monoisotopic (exact) mass is 499 g/mol. The van der Waals surface area contributed by atoms with E-state index in [1.807, 2.05) is 18.2 Å². The predicted octanol–water partition coefficient (Wildman–Crippen LogP) is 5.70. The minimum atomic E-state index is -4.58. The molecule has 1 aliphatic rings. The summed E-state index contributed by atoms with van der Waals surface area (Å²) in [5, 5.41) is 4.87. The lowest BCUT2D eigenvalue weighted by Gasteiger charge is -2.13. The summed E-state index contributed by atoms with van der Waals surface area (Å²) < 4.78 is 38.8. The normalized spacial score (nSPS) is 14.9. The Hall–Kier alpha value is -4.11. The fourth-order valence-corrected chi connectivity index (χ4v) is 3.53. The third-order valence-electron chi connectivity index (χ3n) is 5.17. The third-order valence-corrected chi connectivity index (χ3v) is 5.50. The van der Waals surface area contributed by atoms with Gasteiger partial charge in [0.25, 0.3) is 11.8 Å². The molecule has 0 aliphatic carbocycles. The quantitative estimate of drug-likeness (QED) is 0.349. The maximum absolute atomic E-state index is 12.9. The average molecular weight is 500 g/mol. The number of carbonyl (C=O) groups excluding carboxylic acids is 3. The summed E-state index contributed by atoms with van der Waals surface area (Å²) in [5.41, 5.74) is 0.519. The van der Waals surface area contributed by atoms with E-state index < -0.39 is 29.6 Å². The number of carbonyl (C=O) groups is 3. The molecule has 3 aromatic rings. The molecule has 2 N–H and O–H groups in total. The van der Waals surface area contributed by atoms with E-state index in [0.29, 0.717) is 5.56 Å². The lowest BCUT2D eigenvalue weighted by Crippen LogP contribution is -2.30. The van der Waals surface area contributed by atoms with E-state index in [-0.39, 0.29) is 28.5 Å². The van der Waals surface area contributed by atoms with Gasteiger partial charge in [-0.2, -0.15) is 13.2 Å². The van der Waals surface area contributed by atoms with Crippen molar-refractivity contribution in [3.63, 3.8) is 0 Å². The zero-order valence-corrected chi connectivity index (χ0v) is 18.7. The Balaban J connectivity index is 1.44. The Bertz CT molecular complexity index is 1320. The molecule has 3 aromatic carbocycles. The molecule has 0 unspecified atom stereocenters. The molecule has 4 rings (SSSR count). The first-order chi connectivity index (χ1) is 16.6. The fraction of sp³-hybridized carbons (Fsp3) is 0.0800. The molecular formula is C25H17ClF3N3O3. The number of nitrogens with one attached hydrogen (secondary N) is 2. The number of amides is 4. The Morgan fingerprint density at radius 1 is 1.00 bits per heavy atom. The summed E-state index contributed by atoms with van der Waals surface area (Å²) in [4.78, 5) is 38.5. The summed E-state index contributed by atoms with van der Waals surface area (Å²) in [6, 6.07) is 17.1. The van der Waals surface area contributed by atoms with Crippen LogP contribution in [0.4, 0.5) is 23.7 Å². The summed E-state index contributed by atoms with van der Waals surface area (Å²) in [7, 11) is 0. The van der Waals surface area contributed by atoms with Gasteiger partial charge in [-0.25, -0.2) is 4.79 Å². The van der Waals surface area contributed by atoms with Crippen LogP contribution < -0.4 is 10.6 Å². The molecule has 10 heteroatoms. The fourth-order valence-electron chi connectivity index (χ4n) is 3.37. The molecule has 178 valence electrons. The van der Waals surface area contributed by atoms with Gasteiger partial charge in [0.05, 0.1) is 22.8 Å². The van der Waals surface area contributed by atoms with E-state index in [1.54, 1.807) is 30.3 Å². The predicted molar refractivity (Wildman–Crippen MR) is 124 cm³/mol. The SMILES string of the molecule is O=C(Nc1cc(C(F)(F)F)ccc1Cl)c1ccc(CN2C(=O)N/C(=C\c3ccccc3)C2=O)cc1. The van der Waals surface area contributed by atoms with Crippen LogP contribution in [0.25, 0.3) is 6.08 Å². The Labute approximate surface area is 203 Å². The van der Waals surface area contributed by atoms with Gasteiger partial charge in [0.2, 0.25) is 0 Å². The molecule has 0 saturated carbocycles. The molecule has 0 radical (unpaired) electrons. The first-order valence-corrected chi connectivity index (χ1v) is 10.7. The molecular weight excluding hydrogens is 483 g/mol. The van der Waals surface area contributed by atoms with Crippen molar-refractivity contribution in [2.45, 2.75) is 12.7 Å². The second kappa shape index (κ2) is 9.63. The summed E-state index contributed by atoms with van der Waals surface area (Å²) >= 11 is 5.93. The van der Waals surface area contributed by atoms with E-state index in [0.717, 1.165) is 28.7 Å². The minimum Gasteiger partial charge on any atom is -0.321 e. The highest BCUT2D eigenvalue weighted by Crippen LogP contribution is 2.34. The Morgan fingerprint density at radius 3 is 2.34 bits per heavy atom. The van der Waals surface area contributed by atoms with Gasteiger partial charge in [-0.3, -0.25) is 14.5 Å². The number of hydrogen-bond donors (Lipinski definition) is 2. The molecule has 1 aliphatic heterocycles. The van der Waals surface area contributed by atoms with Crippen molar-refractivity contribution in [1.29, 1.82) is 0 Å². The molecule has 6 nitrogen and oxygen atoms in total. The molecule has 0 bridgehead atoms. The first-order valence-electron chi connectivity index (χ1n) is 10.3. The lowest BCUT2D eigenvalue weighted by molar-refractivity contribution is -0.137. The minimum absolute atomic E-state index is 0.0296.